The molecule has 7 heteroatoms. The molecular formula is C30H31NO6. The van der Waals surface area contributed by atoms with Crippen molar-refractivity contribution in [3.8, 4) is 17.2 Å². The van der Waals surface area contributed by atoms with E-state index in [1.54, 1.807) is 48.5 Å². The molecule has 1 amide bonds. The number of aliphatic hydroxyl groups excluding tert-OH is 1. The number of carbonyl (C=O) groups is 2. The minimum atomic E-state index is -0.976. The van der Waals surface area contributed by atoms with Gasteiger partial charge in [0.2, 0.25) is 0 Å². The average Bonchev–Trinajstić information content (AvgIpc) is 3.13. The van der Waals surface area contributed by atoms with E-state index < -0.39 is 17.7 Å². The highest BCUT2D eigenvalue weighted by Gasteiger charge is 2.47. The van der Waals surface area contributed by atoms with E-state index in [1.165, 1.54) is 18.1 Å². The largest absolute Gasteiger partial charge is 0.507 e. The molecule has 1 atom stereocenters. The molecule has 7 nitrogen and oxygen atoms in total. The molecule has 1 unspecified atom stereocenters. The van der Waals surface area contributed by atoms with Gasteiger partial charge in [0, 0.05) is 11.3 Å². The second-order valence-electron chi connectivity index (χ2n) is 9.54. The number of amides is 1. The molecule has 0 radical (unpaired) electrons. The lowest BCUT2D eigenvalue weighted by Gasteiger charge is -2.26. The summed E-state index contributed by atoms with van der Waals surface area (Å²) in [5.41, 5.74) is 2.29. The van der Waals surface area contributed by atoms with Gasteiger partial charge in [-0.2, -0.15) is 0 Å². The molecule has 0 aromatic heterocycles. The summed E-state index contributed by atoms with van der Waals surface area (Å²) >= 11 is 0. The summed E-state index contributed by atoms with van der Waals surface area (Å²) in [7, 11) is 1.43. The number of phenolic OH excluding ortho intramolecular Hbond substituents is 1. The van der Waals surface area contributed by atoms with Crippen molar-refractivity contribution in [1.29, 1.82) is 0 Å². The Hall–Kier alpha value is -4.26. The highest BCUT2D eigenvalue weighted by Crippen LogP contribution is 2.44. The average molecular weight is 502 g/mol. The van der Waals surface area contributed by atoms with Crippen molar-refractivity contribution in [3.63, 3.8) is 0 Å². The van der Waals surface area contributed by atoms with Crippen molar-refractivity contribution in [1.82, 2.24) is 0 Å². The lowest BCUT2D eigenvalue weighted by Crippen LogP contribution is -2.29. The number of aromatic hydroxyl groups is 1. The molecule has 1 aliphatic heterocycles. The zero-order chi connectivity index (χ0) is 26.9. The summed E-state index contributed by atoms with van der Waals surface area (Å²) in [5, 5.41) is 21.9. The molecule has 0 bridgehead atoms. The number of benzene rings is 3. The third kappa shape index (κ3) is 5.03. The number of rotatable bonds is 7. The number of carbonyl (C=O) groups excluding carboxylic acids is 2. The zero-order valence-corrected chi connectivity index (χ0v) is 21.6. The highest BCUT2D eigenvalue weighted by atomic mass is 16.5. The first-order valence-corrected chi connectivity index (χ1v) is 12.2. The number of nitrogens with zero attached hydrogens (tertiary/aromatic N) is 1. The maximum atomic E-state index is 13.4. The summed E-state index contributed by atoms with van der Waals surface area (Å²) in [6.45, 7) is 7.91. The fourth-order valence-electron chi connectivity index (χ4n) is 4.46. The quantitative estimate of drug-likeness (QED) is 0.236. The molecule has 192 valence electrons. The van der Waals surface area contributed by atoms with Crippen LogP contribution >= 0.6 is 0 Å². The van der Waals surface area contributed by atoms with Gasteiger partial charge in [-0.05, 0) is 67.3 Å². The maximum Gasteiger partial charge on any atom is 0.300 e. The molecule has 2 N–H and O–H groups in total. The molecular weight excluding hydrogens is 470 g/mol. The van der Waals surface area contributed by atoms with E-state index in [9.17, 15) is 19.8 Å². The van der Waals surface area contributed by atoms with E-state index in [0.29, 0.717) is 28.5 Å². The first-order valence-electron chi connectivity index (χ1n) is 12.2. The van der Waals surface area contributed by atoms with Gasteiger partial charge in [-0.25, -0.2) is 0 Å². The number of aliphatic hydroxyl groups is 1. The van der Waals surface area contributed by atoms with Crippen molar-refractivity contribution >= 4 is 23.1 Å². The van der Waals surface area contributed by atoms with Crippen molar-refractivity contribution in [2.45, 2.75) is 45.8 Å². The summed E-state index contributed by atoms with van der Waals surface area (Å²) in [6.07, 6.45) is -0.0842. The van der Waals surface area contributed by atoms with Crippen LogP contribution in [0.25, 0.3) is 5.76 Å². The molecule has 1 heterocycles. The van der Waals surface area contributed by atoms with E-state index in [0.717, 1.165) is 5.56 Å². The smallest absolute Gasteiger partial charge is 0.300 e. The number of hydrogen-bond acceptors (Lipinski definition) is 6. The summed E-state index contributed by atoms with van der Waals surface area (Å²) in [6, 6.07) is 17.8. The van der Waals surface area contributed by atoms with Crippen LogP contribution in [-0.4, -0.2) is 35.1 Å². The van der Waals surface area contributed by atoms with Crippen LogP contribution in [0.4, 0.5) is 5.69 Å². The Kier molecular flexibility index (Phi) is 7.25. The fourth-order valence-corrected chi connectivity index (χ4v) is 4.46. The Balaban J connectivity index is 1.91. The zero-order valence-electron chi connectivity index (χ0n) is 21.6. The lowest BCUT2D eigenvalue weighted by atomic mass is 9.94. The molecule has 0 saturated carbocycles. The molecule has 3 aromatic rings. The Morgan fingerprint density at radius 2 is 1.65 bits per heavy atom. The van der Waals surface area contributed by atoms with Gasteiger partial charge >= 0.3 is 0 Å². The molecule has 1 saturated heterocycles. The van der Waals surface area contributed by atoms with Crippen LogP contribution in [0.5, 0.6) is 17.2 Å². The Labute approximate surface area is 216 Å². The van der Waals surface area contributed by atoms with Crippen LogP contribution in [0, 0.1) is 0 Å². The van der Waals surface area contributed by atoms with Crippen molar-refractivity contribution in [2.75, 3.05) is 12.0 Å². The van der Waals surface area contributed by atoms with Crippen LogP contribution in [-0.2, 0) is 9.59 Å². The van der Waals surface area contributed by atoms with Crippen LogP contribution < -0.4 is 14.4 Å². The second-order valence-corrected chi connectivity index (χ2v) is 9.54. The van der Waals surface area contributed by atoms with Crippen LogP contribution in [0.3, 0.4) is 0 Å². The second kappa shape index (κ2) is 10.4. The van der Waals surface area contributed by atoms with Crippen LogP contribution in [0.15, 0.2) is 72.3 Å². The van der Waals surface area contributed by atoms with Gasteiger partial charge in [0.1, 0.15) is 11.5 Å². The number of hydrogen-bond donors (Lipinski definition) is 2. The number of anilines is 1. The minimum Gasteiger partial charge on any atom is -0.507 e. The number of ether oxygens (including phenoxy) is 2. The maximum absolute atomic E-state index is 13.4. The predicted octanol–water partition coefficient (Wildman–Crippen LogP) is 5.94. The van der Waals surface area contributed by atoms with Gasteiger partial charge in [-0.1, -0.05) is 44.2 Å². The topological polar surface area (TPSA) is 96.3 Å². The number of Topliss-reactive ketones (excluding diaryl/α,β-unsaturated/α-hetero) is 1. The minimum absolute atomic E-state index is 0.0794. The Morgan fingerprint density at radius 3 is 2.24 bits per heavy atom. The number of methoxy groups -OCH3 is 1. The van der Waals surface area contributed by atoms with Gasteiger partial charge in [0.15, 0.2) is 11.5 Å². The van der Waals surface area contributed by atoms with E-state index in [1.807, 2.05) is 26.0 Å². The summed E-state index contributed by atoms with van der Waals surface area (Å²) in [4.78, 5) is 28.2. The van der Waals surface area contributed by atoms with E-state index in [2.05, 4.69) is 13.8 Å². The number of ketones is 1. The van der Waals surface area contributed by atoms with E-state index in [-0.39, 0.29) is 28.9 Å². The van der Waals surface area contributed by atoms with Gasteiger partial charge in [0.25, 0.3) is 11.7 Å². The van der Waals surface area contributed by atoms with Crippen molar-refractivity contribution in [2.24, 2.45) is 0 Å². The van der Waals surface area contributed by atoms with E-state index >= 15 is 0 Å². The normalized spacial score (nSPS) is 17.1. The Bertz CT molecular complexity index is 1360. The first kappa shape index (κ1) is 25.8. The van der Waals surface area contributed by atoms with Crippen molar-refractivity contribution < 1.29 is 29.3 Å². The molecule has 4 rings (SSSR count). The molecule has 1 aliphatic rings. The van der Waals surface area contributed by atoms with Crippen LogP contribution in [0.2, 0.25) is 0 Å². The van der Waals surface area contributed by atoms with Gasteiger partial charge in [-0.15, -0.1) is 0 Å². The SMILES string of the molecule is COc1ccc(C2/C(=C(/O)c3cccc(OC(C)C)c3)C(=O)C(=O)N2c2ccc(C(C)C)cc2)cc1O. The first-order chi connectivity index (χ1) is 17.6. The van der Waals surface area contributed by atoms with Crippen molar-refractivity contribution in [3.05, 3.63) is 89.0 Å². The van der Waals surface area contributed by atoms with Crippen LogP contribution in [0.1, 0.15) is 56.3 Å². The van der Waals surface area contributed by atoms with Gasteiger partial charge in [-0.3, -0.25) is 14.5 Å². The predicted molar refractivity (Wildman–Crippen MR) is 142 cm³/mol. The molecule has 3 aromatic carbocycles. The molecule has 37 heavy (non-hydrogen) atoms. The lowest BCUT2D eigenvalue weighted by molar-refractivity contribution is -0.132. The third-order valence-electron chi connectivity index (χ3n) is 6.28. The fraction of sp³-hybridized carbons (Fsp3) is 0.267. The summed E-state index contributed by atoms with van der Waals surface area (Å²) < 4.78 is 10.9. The standard InChI is InChI=1S/C30H31NO6/c1-17(2)19-9-12-22(13-10-19)31-27(20-11-14-25(36-5)24(32)16-20)26(29(34)30(31)35)28(33)21-7-6-8-23(15-21)37-18(3)4/h6-18,27,32-33H,1-5H3/b28-26-. The molecule has 0 aliphatic carbocycles. The number of phenols is 1. The van der Waals surface area contributed by atoms with E-state index in [4.69, 9.17) is 9.47 Å². The van der Waals surface area contributed by atoms with Gasteiger partial charge < -0.3 is 19.7 Å². The third-order valence-corrected chi connectivity index (χ3v) is 6.28. The monoisotopic (exact) mass is 501 g/mol. The summed E-state index contributed by atoms with van der Waals surface area (Å²) in [5.74, 6) is -0.993. The molecule has 1 fully saturated rings. The highest BCUT2D eigenvalue weighted by molar-refractivity contribution is 6.51. The van der Waals surface area contributed by atoms with Gasteiger partial charge in [0.05, 0.1) is 24.8 Å². The molecule has 0 spiro atoms. The Morgan fingerprint density at radius 1 is 0.946 bits per heavy atom.